The minimum Gasteiger partial charge on any atom is -0.468 e. The molecule has 0 N–H and O–H groups in total. The Morgan fingerprint density at radius 3 is 1.75 bits per heavy atom. The van der Waals surface area contributed by atoms with E-state index in [0.717, 1.165) is 27.1 Å². The van der Waals surface area contributed by atoms with Crippen LogP contribution < -0.4 is 0 Å². The molecule has 3 aromatic carbocycles. The van der Waals surface area contributed by atoms with Crippen molar-refractivity contribution in [2.45, 2.75) is 6.42 Å². The van der Waals surface area contributed by atoms with Gasteiger partial charge < -0.3 is 9.47 Å². The zero-order valence-electron chi connectivity index (χ0n) is 13.6. The molecule has 0 atom stereocenters. The van der Waals surface area contributed by atoms with Gasteiger partial charge in [0.25, 0.3) is 0 Å². The normalized spacial score (nSPS) is 11.0. The Labute approximate surface area is 140 Å². The van der Waals surface area contributed by atoms with Gasteiger partial charge in [0.1, 0.15) is 0 Å². The Balaban J connectivity index is 2.21. The fourth-order valence-electron chi connectivity index (χ4n) is 3.08. The minimum atomic E-state index is -0.978. The van der Waals surface area contributed by atoms with Crippen molar-refractivity contribution in [2.24, 2.45) is 5.92 Å². The molecule has 0 aliphatic rings. The van der Waals surface area contributed by atoms with Gasteiger partial charge in [-0.15, -0.1) is 0 Å². The zero-order valence-corrected chi connectivity index (χ0v) is 13.6. The highest BCUT2D eigenvalue weighted by atomic mass is 16.5. The molecule has 0 aromatic heterocycles. The molecule has 0 fully saturated rings. The first kappa shape index (κ1) is 16.0. The largest absolute Gasteiger partial charge is 0.468 e. The standard InChI is InChI=1S/C20H18O4/c1-23-19(21)18(20(22)24-2)12-17-15-9-5-3-7-13(15)11-14-8-4-6-10-16(14)17/h3-11,18H,12H2,1-2H3. The number of esters is 2. The molecule has 0 bridgehead atoms. The molecule has 24 heavy (non-hydrogen) atoms. The number of carbonyl (C=O) groups is 2. The van der Waals surface area contributed by atoms with Gasteiger partial charge in [-0.05, 0) is 39.6 Å². The van der Waals surface area contributed by atoms with Gasteiger partial charge in [-0.3, -0.25) is 9.59 Å². The first-order valence-corrected chi connectivity index (χ1v) is 7.70. The Morgan fingerprint density at radius 2 is 1.29 bits per heavy atom. The van der Waals surface area contributed by atoms with E-state index in [-0.39, 0.29) is 6.42 Å². The molecular weight excluding hydrogens is 304 g/mol. The summed E-state index contributed by atoms with van der Waals surface area (Å²) in [5.41, 5.74) is 0.949. The van der Waals surface area contributed by atoms with Crippen LogP contribution in [0.3, 0.4) is 0 Å². The summed E-state index contributed by atoms with van der Waals surface area (Å²) in [4.78, 5) is 24.1. The Morgan fingerprint density at radius 1 is 0.833 bits per heavy atom. The summed E-state index contributed by atoms with van der Waals surface area (Å²) >= 11 is 0. The van der Waals surface area contributed by atoms with Crippen LogP contribution in [0.1, 0.15) is 5.56 Å². The van der Waals surface area contributed by atoms with Gasteiger partial charge >= 0.3 is 11.9 Å². The highest BCUT2D eigenvalue weighted by molar-refractivity contribution is 6.04. The van der Waals surface area contributed by atoms with Crippen LogP contribution in [-0.2, 0) is 25.5 Å². The quantitative estimate of drug-likeness (QED) is 0.419. The lowest BCUT2D eigenvalue weighted by molar-refractivity contribution is -0.158. The number of methoxy groups -OCH3 is 2. The number of ether oxygens (including phenoxy) is 2. The first-order chi connectivity index (χ1) is 11.7. The van der Waals surface area contributed by atoms with Crippen LogP contribution in [0.25, 0.3) is 21.5 Å². The molecule has 3 aromatic rings. The maximum absolute atomic E-state index is 12.1. The second-order valence-corrected chi connectivity index (χ2v) is 5.60. The molecule has 0 saturated carbocycles. The van der Waals surface area contributed by atoms with E-state index in [1.807, 2.05) is 48.5 Å². The van der Waals surface area contributed by atoms with E-state index in [2.05, 4.69) is 6.07 Å². The summed E-state index contributed by atoms with van der Waals surface area (Å²) < 4.78 is 9.58. The highest BCUT2D eigenvalue weighted by Gasteiger charge is 2.30. The molecular formula is C20H18O4. The smallest absolute Gasteiger partial charge is 0.320 e. The fraction of sp³-hybridized carbons (Fsp3) is 0.200. The van der Waals surface area contributed by atoms with Crippen LogP contribution >= 0.6 is 0 Å². The maximum atomic E-state index is 12.1. The van der Waals surface area contributed by atoms with Crippen LogP contribution in [-0.4, -0.2) is 26.2 Å². The summed E-state index contributed by atoms with van der Waals surface area (Å²) in [7, 11) is 2.55. The summed E-state index contributed by atoms with van der Waals surface area (Å²) in [5.74, 6) is -2.15. The molecule has 0 saturated heterocycles. The average Bonchev–Trinajstić information content (AvgIpc) is 2.63. The molecule has 0 unspecified atom stereocenters. The van der Waals surface area contributed by atoms with Crippen molar-refractivity contribution in [3.63, 3.8) is 0 Å². The molecule has 0 heterocycles. The number of hydrogen-bond donors (Lipinski definition) is 0. The minimum absolute atomic E-state index is 0.237. The molecule has 0 spiro atoms. The fourth-order valence-corrected chi connectivity index (χ4v) is 3.08. The van der Waals surface area contributed by atoms with Gasteiger partial charge in [-0.1, -0.05) is 48.5 Å². The van der Waals surface area contributed by atoms with Gasteiger partial charge in [-0.25, -0.2) is 0 Å². The van der Waals surface area contributed by atoms with Crippen molar-refractivity contribution in [2.75, 3.05) is 14.2 Å². The summed E-state index contributed by atoms with van der Waals surface area (Å²) in [6.45, 7) is 0. The molecule has 0 aliphatic heterocycles. The number of benzene rings is 3. The van der Waals surface area contributed by atoms with Gasteiger partial charge in [0, 0.05) is 0 Å². The van der Waals surface area contributed by atoms with Crippen molar-refractivity contribution in [1.82, 2.24) is 0 Å². The van der Waals surface area contributed by atoms with Gasteiger partial charge in [-0.2, -0.15) is 0 Å². The third kappa shape index (κ3) is 2.83. The molecule has 0 aliphatic carbocycles. The molecule has 3 rings (SSSR count). The zero-order chi connectivity index (χ0) is 17.1. The second-order valence-electron chi connectivity index (χ2n) is 5.60. The number of hydrogen-bond acceptors (Lipinski definition) is 4. The Kier molecular flexibility index (Phi) is 4.47. The van der Waals surface area contributed by atoms with E-state index in [1.165, 1.54) is 14.2 Å². The maximum Gasteiger partial charge on any atom is 0.320 e. The Bertz CT molecular complexity index is 844. The SMILES string of the molecule is COC(=O)C(Cc1c2ccccc2cc2ccccc12)C(=O)OC. The van der Waals surface area contributed by atoms with Crippen LogP contribution in [0, 0.1) is 5.92 Å². The van der Waals surface area contributed by atoms with Crippen molar-refractivity contribution >= 4 is 33.5 Å². The van der Waals surface area contributed by atoms with Crippen molar-refractivity contribution in [3.05, 3.63) is 60.2 Å². The lowest BCUT2D eigenvalue weighted by Gasteiger charge is -2.16. The van der Waals surface area contributed by atoms with E-state index in [0.29, 0.717) is 0 Å². The lowest BCUT2D eigenvalue weighted by atomic mass is 9.90. The van der Waals surface area contributed by atoms with Crippen LogP contribution in [0.15, 0.2) is 54.6 Å². The van der Waals surface area contributed by atoms with Crippen LogP contribution in [0.4, 0.5) is 0 Å². The van der Waals surface area contributed by atoms with Gasteiger partial charge in [0.15, 0.2) is 5.92 Å². The van der Waals surface area contributed by atoms with E-state index in [4.69, 9.17) is 9.47 Å². The third-order valence-corrected chi connectivity index (χ3v) is 4.26. The molecule has 0 amide bonds. The third-order valence-electron chi connectivity index (χ3n) is 4.26. The molecule has 4 nitrogen and oxygen atoms in total. The van der Waals surface area contributed by atoms with E-state index < -0.39 is 17.9 Å². The number of fused-ring (bicyclic) bond motifs is 2. The summed E-state index contributed by atoms with van der Waals surface area (Å²) in [6, 6.07) is 18.0. The van der Waals surface area contributed by atoms with Crippen molar-refractivity contribution < 1.29 is 19.1 Å². The van der Waals surface area contributed by atoms with Crippen molar-refractivity contribution in [3.8, 4) is 0 Å². The molecule has 0 radical (unpaired) electrons. The molecule has 122 valence electrons. The lowest BCUT2D eigenvalue weighted by Crippen LogP contribution is -2.28. The van der Waals surface area contributed by atoms with E-state index in [9.17, 15) is 9.59 Å². The summed E-state index contributed by atoms with van der Waals surface area (Å²) in [6.07, 6.45) is 0.237. The van der Waals surface area contributed by atoms with Gasteiger partial charge in [0.2, 0.25) is 0 Å². The molecule has 4 heteroatoms. The van der Waals surface area contributed by atoms with E-state index >= 15 is 0 Å². The second kappa shape index (κ2) is 6.71. The van der Waals surface area contributed by atoms with Crippen molar-refractivity contribution in [1.29, 1.82) is 0 Å². The predicted molar refractivity (Wildman–Crippen MR) is 92.7 cm³/mol. The topological polar surface area (TPSA) is 52.6 Å². The highest BCUT2D eigenvalue weighted by Crippen LogP contribution is 2.30. The number of carbonyl (C=O) groups excluding carboxylic acids is 2. The van der Waals surface area contributed by atoms with Crippen LogP contribution in [0.2, 0.25) is 0 Å². The predicted octanol–water partition coefficient (Wildman–Crippen LogP) is 3.50. The average molecular weight is 322 g/mol. The Hall–Kier alpha value is -2.88. The van der Waals surface area contributed by atoms with E-state index in [1.54, 1.807) is 0 Å². The number of rotatable bonds is 4. The van der Waals surface area contributed by atoms with Gasteiger partial charge in [0.05, 0.1) is 14.2 Å². The summed E-state index contributed by atoms with van der Waals surface area (Å²) in [5, 5.41) is 4.18. The monoisotopic (exact) mass is 322 g/mol. The first-order valence-electron chi connectivity index (χ1n) is 7.70. The van der Waals surface area contributed by atoms with Crippen LogP contribution in [0.5, 0.6) is 0 Å².